The summed E-state index contributed by atoms with van der Waals surface area (Å²) in [6.07, 6.45) is 8.19. The molecule has 0 radical (unpaired) electrons. The zero-order valence-electron chi connectivity index (χ0n) is 16.5. The summed E-state index contributed by atoms with van der Waals surface area (Å²) in [6.45, 7) is -0.272. The molecule has 3 aromatic heterocycles. The van der Waals surface area contributed by atoms with E-state index >= 15 is 0 Å². The molecule has 0 amide bonds. The van der Waals surface area contributed by atoms with Crippen LogP contribution in [0.2, 0.25) is 0 Å². The van der Waals surface area contributed by atoms with Crippen LogP contribution in [0.3, 0.4) is 0 Å². The number of methoxy groups -OCH3 is 1. The monoisotopic (exact) mass is 404 g/mol. The Hall–Kier alpha value is -3.85. The summed E-state index contributed by atoms with van der Waals surface area (Å²) in [7, 11) is 3.35. The third-order valence-electron chi connectivity index (χ3n) is 4.71. The summed E-state index contributed by atoms with van der Waals surface area (Å²) >= 11 is 0. The van der Waals surface area contributed by atoms with Crippen LogP contribution in [0.1, 0.15) is 17.2 Å². The molecule has 0 spiro atoms. The number of aliphatic hydroxyl groups excluding tert-OH is 1. The van der Waals surface area contributed by atoms with Crippen LogP contribution in [-0.2, 0) is 7.05 Å². The topological polar surface area (TPSA) is 108 Å². The maximum atomic E-state index is 12.6. The number of ether oxygens (including phenoxy) is 1. The van der Waals surface area contributed by atoms with Crippen LogP contribution in [0.4, 0.5) is 0 Å². The van der Waals surface area contributed by atoms with Crippen molar-refractivity contribution in [2.75, 3.05) is 13.7 Å². The van der Waals surface area contributed by atoms with E-state index in [1.54, 1.807) is 54.5 Å². The number of rotatable bonds is 6. The summed E-state index contributed by atoms with van der Waals surface area (Å²) in [5, 5.41) is 18.7. The smallest absolute Gasteiger partial charge is 0.204 e. The molecule has 152 valence electrons. The third kappa shape index (κ3) is 3.83. The van der Waals surface area contributed by atoms with Gasteiger partial charge in [0.15, 0.2) is 11.6 Å². The molecule has 1 aromatic carbocycles. The standard InChI is InChI=1S/C21H20N6O3/c1-26-12-16(9-24-26)27-7-6-19(29)20(25-27)18(13-28)14-4-3-5-15(8-14)21-22-10-17(30-2)11-23-21/h3-12,18,28H,13H2,1-2H3. The third-order valence-corrected chi connectivity index (χ3v) is 4.71. The average Bonchev–Trinajstić information content (AvgIpc) is 3.22. The van der Waals surface area contributed by atoms with Crippen molar-refractivity contribution in [2.24, 2.45) is 7.05 Å². The first kappa shape index (κ1) is 19.5. The van der Waals surface area contributed by atoms with Crippen LogP contribution in [0, 0.1) is 0 Å². The molecule has 0 aliphatic carbocycles. The molecule has 4 rings (SSSR count). The van der Waals surface area contributed by atoms with E-state index in [4.69, 9.17) is 4.74 Å². The first-order chi connectivity index (χ1) is 14.6. The molecule has 3 heterocycles. The van der Waals surface area contributed by atoms with E-state index in [-0.39, 0.29) is 17.7 Å². The summed E-state index contributed by atoms with van der Waals surface area (Å²) < 4.78 is 8.32. The molecule has 1 unspecified atom stereocenters. The maximum absolute atomic E-state index is 12.6. The highest BCUT2D eigenvalue weighted by molar-refractivity contribution is 5.57. The normalized spacial score (nSPS) is 12.0. The molecule has 9 nitrogen and oxygen atoms in total. The predicted molar refractivity (Wildman–Crippen MR) is 110 cm³/mol. The van der Waals surface area contributed by atoms with Crippen LogP contribution in [-0.4, -0.2) is 48.4 Å². The van der Waals surface area contributed by atoms with Gasteiger partial charge in [-0.15, -0.1) is 0 Å². The number of aromatic nitrogens is 6. The fourth-order valence-electron chi connectivity index (χ4n) is 3.15. The van der Waals surface area contributed by atoms with Crippen molar-refractivity contribution >= 4 is 0 Å². The molecule has 1 atom stereocenters. The van der Waals surface area contributed by atoms with Crippen LogP contribution >= 0.6 is 0 Å². The number of aliphatic hydroxyl groups is 1. The second kappa shape index (κ2) is 8.26. The van der Waals surface area contributed by atoms with Crippen molar-refractivity contribution in [3.8, 4) is 22.8 Å². The van der Waals surface area contributed by atoms with E-state index in [2.05, 4.69) is 20.2 Å². The number of aryl methyl sites for hydroxylation is 1. The Morgan fingerprint density at radius 3 is 2.63 bits per heavy atom. The summed E-state index contributed by atoms with van der Waals surface area (Å²) in [5.74, 6) is 0.482. The highest BCUT2D eigenvalue weighted by atomic mass is 16.5. The highest BCUT2D eigenvalue weighted by Crippen LogP contribution is 2.25. The largest absolute Gasteiger partial charge is 0.494 e. The van der Waals surface area contributed by atoms with Crippen molar-refractivity contribution < 1.29 is 9.84 Å². The average molecular weight is 404 g/mol. The summed E-state index contributed by atoms with van der Waals surface area (Å²) in [4.78, 5) is 21.2. The summed E-state index contributed by atoms with van der Waals surface area (Å²) in [5.41, 5.74) is 2.22. The maximum Gasteiger partial charge on any atom is 0.204 e. The zero-order chi connectivity index (χ0) is 21.1. The molecule has 30 heavy (non-hydrogen) atoms. The molecule has 0 saturated carbocycles. The molecular formula is C21H20N6O3. The van der Waals surface area contributed by atoms with Crippen molar-refractivity contribution in [1.82, 2.24) is 29.5 Å². The molecule has 0 saturated heterocycles. The van der Waals surface area contributed by atoms with Crippen molar-refractivity contribution in [2.45, 2.75) is 5.92 Å². The van der Waals surface area contributed by atoms with Crippen molar-refractivity contribution in [3.05, 3.63) is 82.8 Å². The fourth-order valence-corrected chi connectivity index (χ4v) is 3.15. The van der Waals surface area contributed by atoms with Gasteiger partial charge < -0.3 is 9.84 Å². The number of hydrogen-bond acceptors (Lipinski definition) is 7. The fraction of sp³-hybridized carbons (Fsp3) is 0.190. The Balaban J connectivity index is 1.73. The Morgan fingerprint density at radius 1 is 1.17 bits per heavy atom. The van der Waals surface area contributed by atoms with Gasteiger partial charge in [0.25, 0.3) is 0 Å². The lowest BCUT2D eigenvalue weighted by Crippen LogP contribution is -2.22. The lowest BCUT2D eigenvalue weighted by molar-refractivity contribution is 0.277. The van der Waals surface area contributed by atoms with Gasteiger partial charge in [0.2, 0.25) is 5.43 Å². The van der Waals surface area contributed by atoms with Crippen LogP contribution in [0.25, 0.3) is 17.1 Å². The molecule has 1 N–H and O–H groups in total. The first-order valence-corrected chi connectivity index (χ1v) is 9.25. The highest BCUT2D eigenvalue weighted by Gasteiger charge is 2.20. The first-order valence-electron chi connectivity index (χ1n) is 9.25. The van der Waals surface area contributed by atoms with Gasteiger partial charge in [0.05, 0.1) is 44.4 Å². The van der Waals surface area contributed by atoms with E-state index < -0.39 is 5.92 Å². The van der Waals surface area contributed by atoms with Crippen molar-refractivity contribution in [3.63, 3.8) is 0 Å². The van der Waals surface area contributed by atoms with Gasteiger partial charge >= 0.3 is 0 Å². The van der Waals surface area contributed by atoms with E-state index in [1.807, 2.05) is 24.3 Å². The van der Waals surface area contributed by atoms with Gasteiger partial charge in [0, 0.05) is 24.9 Å². The predicted octanol–water partition coefficient (Wildman–Crippen LogP) is 1.56. The van der Waals surface area contributed by atoms with Gasteiger partial charge in [-0.2, -0.15) is 10.2 Å². The minimum Gasteiger partial charge on any atom is -0.494 e. The van der Waals surface area contributed by atoms with Crippen LogP contribution < -0.4 is 10.2 Å². The Kier molecular flexibility index (Phi) is 5.36. The minimum atomic E-state index is -0.597. The zero-order valence-corrected chi connectivity index (χ0v) is 16.5. The lowest BCUT2D eigenvalue weighted by atomic mass is 9.94. The van der Waals surface area contributed by atoms with Gasteiger partial charge in [-0.25, -0.2) is 14.6 Å². The van der Waals surface area contributed by atoms with Gasteiger partial charge in [0.1, 0.15) is 11.4 Å². The Bertz CT molecular complexity index is 1220. The summed E-state index contributed by atoms with van der Waals surface area (Å²) in [6, 6.07) is 8.84. The molecule has 0 aliphatic heterocycles. The van der Waals surface area contributed by atoms with Gasteiger partial charge in [-0.3, -0.25) is 9.48 Å². The van der Waals surface area contributed by atoms with Gasteiger partial charge in [-0.1, -0.05) is 18.2 Å². The van der Waals surface area contributed by atoms with Crippen LogP contribution in [0.5, 0.6) is 5.75 Å². The molecule has 0 fully saturated rings. The Labute approximate surface area is 172 Å². The number of benzene rings is 1. The second-order valence-corrected chi connectivity index (χ2v) is 6.69. The van der Waals surface area contributed by atoms with E-state index in [9.17, 15) is 9.90 Å². The quantitative estimate of drug-likeness (QED) is 0.519. The van der Waals surface area contributed by atoms with E-state index in [0.717, 1.165) is 16.8 Å². The SMILES string of the molecule is COc1cnc(-c2cccc(C(CO)c3nn(-c4cnn(C)c4)ccc3=O)c2)nc1. The van der Waals surface area contributed by atoms with E-state index in [0.29, 0.717) is 11.6 Å². The molecule has 0 aliphatic rings. The number of nitrogens with zero attached hydrogens (tertiary/aromatic N) is 6. The number of hydrogen-bond donors (Lipinski definition) is 1. The minimum absolute atomic E-state index is 0.247. The van der Waals surface area contributed by atoms with E-state index in [1.165, 1.54) is 6.07 Å². The molecule has 4 aromatic rings. The molecular weight excluding hydrogens is 384 g/mol. The Morgan fingerprint density at radius 2 is 1.97 bits per heavy atom. The van der Waals surface area contributed by atoms with Gasteiger partial charge in [-0.05, 0) is 11.6 Å². The van der Waals surface area contributed by atoms with Crippen LogP contribution in [0.15, 0.2) is 66.1 Å². The lowest BCUT2D eigenvalue weighted by Gasteiger charge is -2.15. The molecule has 0 bridgehead atoms. The molecule has 9 heteroatoms. The van der Waals surface area contributed by atoms with Crippen molar-refractivity contribution in [1.29, 1.82) is 0 Å². The second-order valence-electron chi connectivity index (χ2n) is 6.69.